The Bertz CT molecular complexity index is 484. The predicted octanol–water partition coefficient (Wildman–Crippen LogP) is 2.15. The average molecular weight is 306 g/mol. The third-order valence-corrected chi connectivity index (χ3v) is 3.47. The molecule has 0 saturated carbocycles. The van der Waals surface area contributed by atoms with Gasteiger partial charge in [0.15, 0.2) is 0 Å². The number of aliphatic hydroxyl groups excluding tert-OH is 1. The first-order valence-electron chi connectivity index (χ1n) is 7.76. The zero-order chi connectivity index (χ0) is 16.2. The average Bonchev–Trinajstić information content (AvgIpc) is 2.36. The van der Waals surface area contributed by atoms with Crippen LogP contribution in [-0.2, 0) is 11.3 Å². The van der Waals surface area contributed by atoms with Crippen molar-refractivity contribution < 1.29 is 14.6 Å². The number of rotatable bonds is 3. The van der Waals surface area contributed by atoms with E-state index in [0.29, 0.717) is 19.5 Å². The second-order valence-corrected chi connectivity index (χ2v) is 6.91. The molecule has 122 valence electrons. The number of hydrogen-bond acceptors (Lipinski definition) is 4. The molecule has 1 aromatic rings. The van der Waals surface area contributed by atoms with Gasteiger partial charge < -0.3 is 15.2 Å². The van der Waals surface area contributed by atoms with Gasteiger partial charge in [0.2, 0.25) is 0 Å². The number of amides is 1. The number of β-amino-alcohol motifs (C(OH)–C–C–N with tert-alkyl or cyclic N) is 1. The smallest absolute Gasteiger partial charge is 0.407 e. The van der Waals surface area contributed by atoms with Gasteiger partial charge in [0, 0.05) is 25.7 Å². The number of carbonyl (C=O) groups is 1. The monoisotopic (exact) mass is 306 g/mol. The van der Waals surface area contributed by atoms with Gasteiger partial charge in [-0.3, -0.25) is 4.90 Å². The zero-order valence-corrected chi connectivity index (χ0v) is 13.6. The SMILES string of the molecule is CC(C)(C)OC(=O)N[C@@H]1C[C@@H](O)CN(Cc2ccccc2)C1. The molecule has 1 saturated heterocycles. The number of alkyl carbamates (subject to hydrolysis) is 1. The van der Waals surface area contributed by atoms with Crippen LogP contribution in [0.15, 0.2) is 30.3 Å². The van der Waals surface area contributed by atoms with Crippen LogP contribution in [0, 0.1) is 0 Å². The van der Waals surface area contributed by atoms with E-state index in [2.05, 4.69) is 22.3 Å². The fourth-order valence-corrected chi connectivity index (χ4v) is 2.71. The van der Waals surface area contributed by atoms with Crippen molar-refractivity contribution in [3.63, 3.8) is 0 Å². The number of benzene rings is 1. The molecular weight excluding hydrogens is 280 g/mol. The number of carbonyl (C=O) groups excluding carboxylic acids is 1. The van der Waals surface area contributed by atoms with E-state index in [4.69, 9.17) is 4.74 Å². The standard InChI is InChI=1S/C17H26N2O3/c1-17(2,3)22-16(21)18-14-9-15(20)12-19(11-14)10-13-7-5-4-6-8-13/h4-8,14-15,20H,9-12H2,1-3H3,(H,18,21)/t14-,15-/m1/s1. The molecule has 22 heavy (non-hydrogen) atoms. The van der Waals surface area contributed by atoms with E-state index in [1.807, 2.05) is 39.0 Å². The van der Waals surface area contributed by atoms with Crippen molar-refractivity contribution in [3.05, 3.63) is 35.9 Å². The Morgan fingerprint density at radius 1 is 1.32 bits per heavy atom. The number of nitrogens with one attached hydrogen (secondary N) is 1. The molecule has 1 fully saturated rings. The summed E-state index contributed by atoms with van der Waals surface area (Å²) in [5.74, 6) is 0. The van der Waals surface area contributed by atoms with Crippen molar-refractivity contribution >= 4 is 6.09 Å². The lowest BCUT2D eigenvalue weighted by molar-refractivity contribution is 0.0292. The van der Waals surface area contributed by atoms with Crippen LogP contribution in [0.4, 0.5) is 4.79 Å². The Balaban J connectivity index is 1.89. The van der Waals surface area contributed by atoms with E-state index < -0.39 is 17.8 Å². The van der Waals surface area contributed by atoms with E-state index in [1.54, 1.807) is 0 Å². The summed E-state index contributed by atoms with van der Waals surface area (Å²) < 4.78 is 5.28. The molecule has 1 heterocycles. The third-order valence-electron chi connectivity index (χ3n) is 3.47. The van der Waals surface area contributed by atoms with Gasteiger partial charge in [-0.05, 0) is 32.8 Å². The van der Waals surface area contributed by atoms with E-state index >= 15 is 0 Å². The normalized spacial score (nSPS) is 23.1. The molecular formula is C17H26N2O3. The molecule has 5 nitrogen and oxygen atoms in total. The highest BCUT2D eigenvalue weighted by molar-refractivity contribution is 5.68. The van der Waals surface area contributed by atoms with Gasteiger partial charge in [0.25, 0.3) is 0 Å². The van der Waals surface area contributed by atoms with Gasteiger partial charge in [0.05, 0.1) is 6.10 Å². The summed E-state index contributed by atoms with van der Waals surface area (Å²) in [6.45, 7) is 7.62. The molecule has 0 radical (unpaired) electrons. The van der Waals surface area contributed by atoms with Gasteiger partial charge >= 0.3 is 6.09 Å². The molecule has 0 bridgehead atoms. The highest BCUT2D eigenvalue weighted by Crippen LogP contribution is 2.15. The zero-order valence-electron chi connectivity index (χ0n) is 13.6. The first-order chi connectivity index (χ1) is 10.3. The fourth-order valence-electron chi connectivity index (χ4n) is 2.71. The van der Waals surface area contributed by atoms with Crippen molar-refractivity contribution in [2.24, 2.45) is 0 Å². The predicted molar refractivity (Wildman–Crippen MR) is 85.5 cm³/mol. The number of piperidine rings is 1. The number of nitrogens with zero attached hydrogens (tertiary/aromatic N) is 1. The van der Waals surface area contributed by atoms with E-state index in [9.17, 15) is 9.90 Å². The van der Waals surface area contributed by atoms with Crippen molar-refractivity contribution in [1.29, 1.82) is 0 Å². The molecule has 0 aromatic heterocycles. The Morgan fingerprint density at radius 3 is 2.64 bits per heavy atom. The maximum Gasteiger partial charge on any atom is 0.407 e. The number of likely N-dealkylation sites (tertiary alicyclic amines) is 1. The molecule has 1 amide bonds. The molecule has 1 aromatic carbocycles. The topological polar surface area (TPSA) is 61.8 Å². The summed E-state index contributed by atoms with van der Waals surface area (Å²) in [7, 11) is 0. The minimum atomic E-state index is -0.513. The quantitative estimate of drug-likeness (QED) is 0.898. The van der Waals surface area contributed by atoms with Crippen molar-refractivity contribution in [3.8, 4) is 0 Å². The van der Waals surface area contributed by atoms with Gasteiger partial charge in [-0.15, -0.1) is 0 Å². The van der Waals surface area contributed by atoms with Crippen molar-refractivity contribution in [1.82, 2.24) is 10.2 Å². The maximum atomic E-state index is 11.9. The fraction of sp³-hybridized carbons (Fsp3) is 0.588. The minimum absolute atomic E-state index is 0.0951. The van der Waals surface area contributed by atoms with Gasteiger partial charge in [-0.1, -0.05) is 30.3 Å². The molecule has 5 heteroatoms. The molecule has 2 atom stereocenters. The highest BCUT2D eigenvalue weighted by Gasteiger charge is 2.28. The summed E-state index contributed by atoms with van der Waals surface area (Å²) in [4.78, 5) is 14.0. The van der Waals surface area contributed by atoms with Gasteiger partial charge in [-0.25, -0.2) is 4.79 Å². The lowest BCUT2D eigenvalue weighted by Crippen LogP contribution is -2.52. The van der Waals surface area contributed by atoms with E-state index in [-0.39, 0.29) is 6.04 Å². The summed E-state index contributed by atoms with van der Waals surface area (Å²) in [5, 5.41) is 12.9. The lowest BCUT2D eigenvalue weighted by Gasteiger charge is -2.36. The van der Waals surface area contributed by atoms with Crippen molar-refractivity contribution in [2.45, 2.75) is 51.5 Å². The van der Waals surface area contributed by atoms with Crippen LogP contribution in [0.3, 0.4) is 0 Å². The highest BCUT2D eigenvalue weighted by atomic mass is 16.6. The molecule has 1 aliphatic heterocycles. The number of ether oxygens (including phenoxy) is 1. The maximum absolute atomic E-state index is 11.9. The van der Waals surface area contributed by atoms with Gasteiger partial charge in [-0.2, -0.15) is 0 Å². The van der Waals surface area contributed by atoms with Crippen LogP contribution in [0.25, 0.3) is 0 Å². The van der Waals surface area contributed by atoms with Crippen LogP contribution in [0.5, 0.6) is 0 Å². The van der Waals surface area contributed by atoms with E-state index in [0.717, 1.165) is 6.54 Å². The Labute approximate surface area is 132 Å². The van der Waals surface area contributed by atoms with Crippen LogP contribution in [0.1, 0.15) is 32.8 Å². The second kappa shape index (κ2) is 7.11. The number of aliphatic hydroxyl groups is 1. The molecule has 2 N–H and O–H groups in total. The molecule has 1 aliphatic rings. The summed E-state index contributed by atoms with van der Waals surface area (Å²) in [5.41, 5.74) is 0.689. The van der Waals surface area contributed by atoms with Crippen LogP contribution in [-0.4, -0.2) is 46.9 Å². The Morgan fingerprint density at radius 2 is 2.00 bits per heavy atom. The molecule has 0 aliphatic carbocycles. The third kappa shape index (κ3) is 5.66. The second-order valence-electron chi connectivity index (χ2n) is 6.91. The summed E-state index contributed by atoms with van der Waals surface area (Å²) >= 11 is 0. The van der Waals surface area contributed by atoms with Crippen LogP contribution in [0.2, 0.25) is 0 Å². The summed E-state index contributed by atoms with van der Waals surface area (Å²) in [6.07, 6.45) is -0.298. The molecule has 0 spiro atoms. The lowest BCUT2D eigenvalue weighted by atomic mass is 10.0. The molecule has 2 rings (SSSR count). The first-order valence-corrected chi connectivity index (χ1v) is 7.76. The van der Waals surface area contributed by atoms with Crippen LogP contribution >= 0.6 is 0 Å². The molecule has 0 unspecified atom stereocenters. The Kier molecular flexibility index (Phi) is 5.42. The number of hydrogen-bond donors (Lipinski definition) is 2. The first kappa shape index (κ1) is 16.8. The summed E-state index contributed by atoms with van der Waals surface area (Å²) in [6, 6.07) is 10.0. The van der Waals surface area contributed by atoms with Gasteiger partial charge in [0.1, 0.15) is 5.60 Å². The van der Waals surface area contributed by atoms with Crippen LogP contribution < -0.4 is 5.32 Å². The Hall–Kier alpha value is -1.59. The largest absolute Gasteiger partial charge is 0.444 e. The minimum Gasteiger partial charge on any atom is -0.444 e. The van der Waals surface area contributed by atoms with E-state index in [1.165, 1.54) is 5.56 Å². The van der Waals surface area contributed by atoms with Crippen molar-refractivity contribution in [2.75, 3.05) is 13.1 Å².